The smallest absolute Gasteiger partial charge is 0.258 e. The number of benzene rings is 2. The van der Waals surface area contributed by atoms with Crippen LogP contribution in [0.15, 0.2) is 53.0 Å². The summed E-state index contributed by atoms with van der Waals surface area (Å²) in [5.41, 5.74) is 0.986. The van der Waals surface area contributed by atoms with E-state index in [-0.39, 0.29) is 18.3 Å². The van der Waals surface area contributed by atoms with Crippen molar-refractivity contribution in [1.29, 1.82) is 0 Å². The van der Waals surface area contributed by atoms with Crippen molar-refractivity contribution in [3.8, 4) is 5.75 Å². The molecule has 24 heavy (non-hydrogen) atoms. The summed E-state index contributed by atoms with van der Waals surface area (Å²) in [7, 11) is 0. The quantitative estimate of drug-likeness (QED) is 0.755. The Kier molecular flexibility index (Phi) is 6.82. The molecule has 1 atom stereocenters. The highest BCUT2D eigenvalue weighted by Crippen LogP contribution is 2.27. The normalized spacial score (nSPS) is 11.6. The molecule has 0 radical (unpaired) electrons. The van der Waals surface area contributed by atoms with Gasteiger partial charge >= 0.3 is 0 Å². The van der Waals surface area contributed by atoms with Crippen LogP contribution in [0.25, 0.3) is 0 Å². The van der Waals surface area contributed by atoms with Crippen molar-refractivity contribution in [2.45, 2.75) is 19.4 Å². The van der Waals surface area contributed by atoms with Gasteiger partial charge in [-0.3, -0.25) is 9.59 Å². The maximum atomic E-state index is 12.1. The second-order valence-electron chi connectivity index (χ2n) is 5.28. The van der Waals surface area contributed by atoms with Crippen LogP contribution in [0, 0.1) is 0 Å². The number of ether oxygens (including phenoxy) is 1. The Morgan fingerprint density at radius 1 is 1.21 bits per heavy atom. The summed E-state index contributed by atoms with van der Waals surface area (Å²) in [6.45, 7) is 1.28. The first-order chi connectivity index (χ1) is 11.5. The van der Waals surface area contributed by atoms with E-state index in [0.717, 1.165) is 5.56 Å². The number of Topliss-reactive ketones (excluding diaryl/α,β-unsaturated/α-hetero) is 1. The predicted molar refractivity (Wildman–Crippen MR) is 97.4 cm³/mol. The Labute approximate surface area is 154 Å². The lowest BCUT2D eigenvalue weighted by Crippen LogP contribution is -2.43. The molecule has 2 aromatic rings. The topological polar surface area (TPSA) is 55.4 Å². The lowest BCUT2D eigenvalue weighted by Gasteiger charge is -2.16. The van der Waals surface area contributed by atoms with E-state index in [2.05, 4.69) is 21.2 Å². The molecule has 0 aliphatic rings. The standard InChI is InChI=1S/C18H17BrClNO3/c1-12(22)16(9-13-5-3-2-4-6-13)21-18(23)11-24-17-8-7-14(20)10-15(17)19/h2-8,10,16H,9,11H2,1H3,(H,21,23). The maximum absolute atomic E-state index is 12.1. The molecule has 4 nitrogen and oxygen atoms in total. The molecule has 0 heterocycles. The van der Waals surface area contributed by atoms with Crippen molar-refractivity contribution < 1.29 is 14.3 Å². The molecule has 126 valence electrons. The van der Waals surface area contributed by atoms with Gasteiger partial charge in [0, 0.05) is 5.02 Å². The zero-order valence-corrected chi connectivity index (χ0v) is 15.4. The third-order valence-electron chi connectivity index (χ3n) is 3.36. The Hall–Kier alpha value is -1.85. The highest BCUT2D eigenvalue weighted by atomic mass is 79.9. The van der Waals surface area contributed by atoms with Gasteiger partial charge in [-0.15, -0.1) is 0 Å². The minimum absolute atomic E-state index is 0.0973. The Balaban J connectivity index is 1.92. The average molecular weight is 411 g/mol. The molecule has 0 saturated heterocycles. The number of halogens is 2. The Morgan fingerprint density at radius 2 is 1.92 bits per heavy atom. The molecule has 1 N–H and O–H groups in total. The molecule has 0 bridgehead atoms. The third kappa shape index (κ3) is 5.65. The van der Waals surface area contributed by atoms with Gasteiger partial charge in [-0.2, -0.15) is 0 Å². The molecule has 2 rings (SSSR count). The van der Waals surface area contributed by atoms with E-state index in [1.165, 1.54) is 6.92 Å². The molecule has 1 amide bonds. The summed E-state index contributed by atoms with van der Waals surface area (Å²) in [5, 5.41) is 3.28. The minimum atomic E-state index is -0.572. The highest BCUT2D eigenvalue weighted by molar-refractivity contribution is 9.10. The van der Waals surface area contributed by atoms with Gasteiger partial charge in [-0.05, 0) is 53.0 Å². The van der Waals surface area contributed by atoms with E-state index < -0.39 is 6.04 Å². The average Bonchev–Trinajstić information content (AvgIpc) is 2.54. The monoisotopic (exact) mass is 409 g/mol. The summed E-state index contributed by atoms with van der Waals surface area (Å²) in [5.74, 6) is 0.0600. The number of nitrogens with one attached hydrogen (secondary N) is 1. The van der Waals surface area contributed by atoms with Gasteiger partial charge in [-0.1, -0.05) is 41.9 Å². The van der Waals surface area contributed by atoms with Crippen LogP contribution in [-0.4, -0.2) is 24.3 Å². The molecule has 6 heteroatoms. The van der Waals surface area contributed by atoms with Crippen molar-refractivity contribution in [3.05, 3.63) is 63.6 Å². The Bertz CT molecular complexity index is 721. The zero-order chi connectivity index (χ0) is 17.5. The second-order valence-corrected chi connectivity index (χ2v) is 6.57. The van der Waals surface area contributed by atoms with E-state index in [9.17, 15) is 9.59 Å². The van der Waals surface area contributed by atoms with E-state index in [0.29, 0.717) is 21.7 Å². The van der Waals surface area contributed by atoms with Crippen LogP contribution in [0.5, 0.6) is 5.75 Å². The number of carbonyl (C=O) groups excluding carboxylic acids is 2. The number of ketones is 1. The van der Waals surface area contributed by atoms with Gasteiger partial charge in [0.1, 0.15) is 5.75 Å². The minimum Gasteiger partial charge on any atom is -0.483 e. The van der Waals surface area contributed by atoms with Crippen LogP contribution in [-0.2, 0) is 16.0 Å². The fraction of sp³-hybridized carbons (Fsp3) is 0.222. The van der Waals surface area contributed by atoms with Gasteiger partial charge in [0.05, 0.1) is 10.5 Å². The first kappa shape index (κ1) is 18.5. The molecule has 0 aromatic heterocycles. The fourth-order valence-corrected chi connectivity index (χ4v) is 2.91. The number of carbonyl (C=O) groups is 2. The van der Waals surface area contributed by atoms with Gasteiger partial charge in [-0.25, -0.2) is 0 Å². The molecule has 0 saturated carbocycles. The van der Waals surface area contributed by atoms with Crippen molar-refractivity contribution in [1.82, 2.24) is 5.32 Å². The van der Waals surface area contributed by atoms with E-state index in [1.54, 1.807) is 18.2 Å². The number of hydrogen-bond acceptors (Lipinski definition) is 3. The first-order valence-corrected chi connectivity index (χ1v) is 8.54. The molecule has 0 aliphatic heterocycles. The van der Waals surface area contributed by atoms with Crippen molar-refractivity contribution in [3.63, 3.8) is 0 Å². The molecular formula is C18H17BrClNO3. The zero-order valence-electron chi connectivity index (χ0n) is 13.1. The molecule has 0 aliphatic carbocycles. The summed E-state index contributed by atoms with van der Waals surface area (Å²) in [6.07, 6.45) is 0.451. The highest BCUT2D eigenvalue weighted by Gasteiger charge is 2.18. The summed E-state index contributed by atoms with van der Waals surface area (Å²) in [6, 6.07) is 14.0. The first-order valence-electron chi connectivity index (χ1n) is 7.37. The number of amides is 1. The molecule has 1 unspecified atom stereocenters. The van der Waals surface area contributed by atoms with E-state index >= 15 is 0 Å². The van der Waals surface area contributed by atoms with Gasteiger partial charge in [0.2, 0.25) is 0 Å². The predicted octanol–water partition coefficient (Wildman–Crippen LogP) is 3.80. The molecular weight excluding hydrogens is 394 g/mol. The molecule has 0 fully saturated rings. The summed E-state index contributed by atoms with van der Waals surface area (Å²) >= 11 is 9.18. The van der Waals surface area contributed by atoms with Crippen LogP contribution in [0.1, 0.15) is 12.5 Å². The summed E-state index contributed by atoms with van der Waals surface area (Å²) < 4.78 is 6.12. The van der Waals surface area contributed by atoms with Gasteiger partial charge < -0.3 is 10.1 Å². The molecule has 2 aromatic carbocycles. The third-order valence-corrected chi connectivity index (χ3v) is 4.22. The lowest BCUT2D eigenvalue weighted by atomic mass is 10.0. The van der Waals surface area contributed by atoms with Crippen LogP contribution < -0.4 is 10.1 Å². The van der Waals surface area contributed by atoms with Crippen LogP contribution in [0.4, 0.5) is 0 Å². The number of rotatable bonds is 7. The van der Waals surface area contributed by atoms with E-state index in [1.807, 2.05) is 30.3 Å². The van der Waals surface area contributed by atoms with Gasteiger partial charge in [0.25, 0.3) is 5.91 Å². The second kappa shape index (κ2) is 8.85. The largest absolute Gasteiger partial charge is 0.483 e. The van der Waals surface area contributed by atoms with Crippen LogP contribution >= 0.6 is 27.5 Å². The van der Waals surface area contributed by atoms with Crippen LogP contribution in [0.3, 0.4) is 0 Å². The fourth-order valence-electron chi connectivity index (χ4n) is 2.12. The summed E-state index contributed by atoms with van der Waals surface area (Å²) in [4.78, 5) is 23.8. The van der Waals surface area contributed by atoms with Crippen molar-refractivity contribution in [2.24, 2.45) is 0 Å². The maximum Gasteiger partial charge on any atom is 0.258 e. The lowest BCUT2D eigenvalue weighted by molar-refractivity contribution is -0.128. The van der Waals surface area contributed by atoms with E-state index in [4.69, 9.17) is 16.3 Å². The SMILES string of the molecule is CC(=O)C(Cc1ccccc1)NC(=O)COc1ccc(Cl)cc1Br. The van der Waals surface area contributed by atoms with Crippen molar-refractivity contribution >= 4 is 39.2 Å². The van der Waals surface area contributed by atoms with Crippen molar-refractivity contribution in [2.75, 3.05) is 6.61 Å². The van der Waals surface area contributed by atoms with Crippen LogP contribution in [0.2, 0.25) is 5.02 Å². The van der Waals surface area contributed by atoms with Gasteiger partial charge in [0.15, 0.2) is 12.4 Å². The Morgan fingerprint density at radius 3 is 2.54 bits per heavy atom. The number of hydrogen-bond donors (Lipinski definition) is 1. The molecule has 0 spiro atoms.